The third-order valence-electron chi connectivity index (χ3n) is 7.88. The number of halogens is 3. The van der Waals surface area contributed by atoms with Crippen molar-refractivity contribution in [2.24, 2.45) is 0 Å². The number of fused-ring (bicyclic) bond motifs is 1. The Balaban J connectivity index is 1.16. The molecule has 2 amide bonds. The maximum absolute atomic E-state index is 15.9. The molecule has 1 saturated heterocycles. The van der Waals surface area contributed by atoms with Gasteiger partial charge < -0.3 is 24.4 Å². The number of hydrogen-bond acceptors (Lipinski definition) is 6. The molecule has 224 valence electrons. The van der Waals surface area contributed by atoms with Crippen LogP contribution in [0.5, 0.6) is 5.75 Å². The van der Waals surface area contributed by atoms with Gasteiger partial charge in [0.2, 0.25) is 5.91 Å². The molecule has 2 aliphatic rings. The topological polar surface area (TPSA) is 99.6 Å². The van der Waals surface area contributed by atoms with Gasteiger partial charge in [0.15, 0.2) is 17.4 Å². The normalized spacial score (nSPS) is 15.6. The first kappa shape index (κ1) is 28.7. The average Bonchev–Trinajstić information content (AvgIpc) is 3.73. The van der Waals surface area contributed by atoms with Crippen LogP contribution in [-0.4, -0.2) is 87.7 Å². The van der Waals surface area contributed by atoms with Crippen molar-refractivity contribution in [2.45, 2.75) is 19.4 Å². The summed E-state index contributed by atoms with van der Waals surface area (Å²) in [6, 6.07) is 6.22. The Morgan fingerprint density at radius 1 is 1.09 bits per heavy atom. The van der Waals surface area contributed by atoms with Crippen LogP contribution in [0.4, 0.5) is 14.6 Å². The zero-order valence-corrected chi connectivity index (χ0v) is 24.3. The zero-order valence-electron chi connectivity index (χ0n) is 23.5. The van der Waals surface area contributed by atoms with Crippen molar-refractivity contribution in [1.82, 2.24) is 29.5 Å². The third-order valence-corrected chi connectivity index (χ3v) is 8.19. The minimum Gasteiger partial charge on any atom is -0.493 e. The van der Waals surface area contributed by atoms with Gasteiger partial charge in [-0.1, -0.05) is 17.7 Å². The minimum atomic E-state index is -0.519. The van der Waals surface area contributed by atoms with E-state index in [2.05, 4.69) is 15.1 Å². The molecule has 0 radical (unpaired) electrons. The molecule has 0 unspecified atom stereocenters. The van der Waals surface area contributed by atoms with E-state index >= 15 is 4.39 Å². The summed E-state index contributed by atoms with van der Waals surface area (Å²) in [6.07, 6.45) is 7.42. The van der Waals surface area contributed by atoms with Crippen molar-refractivity contribution in [3.63, 3.8) is 0 Å². The van der Waals surface area contributed by atoms with Crippen LogP contribution in [-0.2, 0) is 11.3 Å². The number of benzene rings is 1. The van der Waals surface area contributed by atoms with Crippen LogP contribution in [0.25, 0.3) is 16.5 Å². The lowest BCUT2D eigenvalue weighted by molar-refractivity contribution is -0.131. The number of aromatic amines is 1. The van der Waals surface area contributed by atoms with E-state index in [0.717, 1.165) is 6.20 Å². The summed E-state index contributed by atoms with van der Waals surface area (Å²) in [5.41, 5.74) is 1.35. The van der Waals surface area contributed by atoms with Gasteiger partial charge in [-0.05, 0) is 30.2 Å². The maximum atomic E-state index is 15.9. The molecule has 0 aliphatic carbocycles. The van der Waals surface area contributed by atoms with Gasteiger partial charge in [-0.3, -0.25) is 14.3 Å². The average molecular weight is 610 g/mol. The van der Waals surface area contributed by atoms with Gasteiger partial charge >= 0.3 is 0 Å². The molecule has 10 nitrogen and oxygen atoms in total. The number of hydrogen-bond donors (Lipinski definition) is 1. The molecule has 1 aromatic carbocycles. The van der Waals surface area contributed by atoms with Gasteiger partial charge in [-0.2, -0.15) is 5.10 Å². The first-order valence-electron chi connectivity index (χ1n) is 14.0. The summed E-state index contributed by atoms with van der Waals surface area (Å²) in [5.74, 6) is -0.485. The number of H-pyrrole nitrogens is 1. The molecule has 1 N–H and O–H groups in total. The van der Waals surface area contributed by atoms with Crippen LogP contribution >= 0.6 is 11.6 Å². The predicted octanol–water partition coefficient (Wildman–Crippen LogP) is 4.37. The van der Waals surface area contributed by atoms with Crippen molar-refractivity contribution >= 4 is 45.7 Å². The van der Waals surface area contributed by atoms with Crippen LogP contribution in [0.1, 0.15) is 28.9 Å². The van der Waals surface area contributed by atoms with Gasteiger partial charge in [0.25, 0.3) is 5.91 Å². The van der Waals surface area contributed by atoms with E-state index in [1.807, 2.05) is 11.0 Å². The van der Waals surface area contributed by atoms with Gasteiger partial charge in [0, 0.05) is 81.6 Å². The molecule has 0 bridgehead atoms. The van der Waals surface area contributed by atoms with E-state index in [1.54, 1.807) is 45.1 Å². The van der Waals surface area contributed by atoms with E-state index < -0.39 is 11.6 Å². The third kappa shape index (κ3) is 5.79. The molecule has 43 heavy (non-hydrogen) atoms. The molecule has 0 spiro atoms. The number of rotatable bonds is 7. The maximum Gasteiger partial charge on any atom is 0.270 e. The van der Waals surface area contributed by atoms with E-state index in [9.17, 15) is 14.0 Å². The highest BCUT2D eigenvalue weighted by molar-refractivity contribution is 6.36. The Bertz CT molecular complexity index is 1700. The smallest absolute Gasteiger partial charge is 0.270 e. The highest BCUT2D eigenvalue weighted by atomic mass is 35.5. The minimum absolute atomic E-state index is 0.0322. The van der Waals surface area contributed by atoms with Crippen LogP contribution in [0.3, 0.4) is 0 Å². The number of nitrogens with one attached hydrogen (secondary N) is 1. The van der Waals surface area contributed by atoms with E-state index in [-0.39, 0.29) is 29.6 Å². The SMILES string of the molecule is COc1cc(F)cnc1N1CCN(C(=O)c2cc3c(Cl)cc(C4=CCCN(C(=O)CCn5cccn5)C4)c(F)c3[nH]2)CC1. The Labute approximate surface area is 251 Å². The molecule has 4 aromatic rings. The Morgan fingerprint density at radius 3 is 2.65 bits per heavy atom. The standard InChI is InChI=1S/C30H30ClF2N7O3/c1-43-25-14-20(32)17-34-29(25)37-10-12-38(13-11-37)30(42)24-16-22-23(31)15-21(27(33)28(22)36-24)19-4-2-7-39(18-19)26(41)5-9-40-8-3-6-35-40/h3-4,6,8,14-17,36H,2,5,7,9-13,18H2,1H3. The number of amides is 2. The fraction of sp³-hybridized carbons (Fsp3) is 0.333. The number of aryl methyl sites for hydroxylation is 1. The lowest BCUT2D eigenvalue weighted by Gasteiger charge is -2.35. The summed E-state index contributed by atoms with van der Waals surface area (Å²) in [7, 11) is 1.45. The monoisotopic (exact) mass is 609 g/mol. The molecule has 0 saturated carbocycles. The summed E-state index contributed by atoms with van der Waals surface area (Å²) >= 11 is 6.61. The van der Waals surface area contributed by atoms with Crippen molar-refractivity contribution in [1.29, 1.82) is 0 Å². The van der Waals surface area contributed by atoms with Gasteiger partial charge in [-0.25, -0.2) is 13.8 Å². The van der Waals surface area contributed by atoms with Crippen LogP contribution < -0.4 is 9.64 Å². The van der Waals surface area contributed by atoms with Crippen molar-refractivity contribution in [3.8, 4) is 5.75 Å². The second-order valence-electron chi connectivity index (χ2n) is 10.5. The first-order chi connectivity index (χ1) is 20.8. The molecule has 3 aromatic heterocycles. The number of nitrogens with zero attached hydrogens (tertiary/aromatic N) is 6. The highest BCUT2D eigenvalue weighted by Gasteiger charge is 2.28. The predicted molar refractivity (Wildman–Crippen MR) is 158 cm³/mol. The van der Waals surface area contributed by atoms with Gasteiger partial charge in [0.1, 0.15) is 11.5 Å². The van der Waals surface area contributed by atoms with E-state index in [1.165, 1.54) is 13.2 Å². The molecule has 13 heteroatoms. The summed E-state index contributed by atoms with van der Waals surface area (Å²) in [4.78, 5) is 38.7. The molecule has 1 fully saturated rings. The summed E-state index contributed by atoms with van der Waals surface area (Å²) in [5, 5.41) is 4.85. The first-order valence-corrected chi connectivity index (χ1v) is 14.4. The van der Waals surface area contributed by atoms with Crippen LogP contribution in [0.15, 0.2) is 48.9 Å². The highest BCUT2D eigenvalue weighted by Crippen LogP contribution is 2.34. The number of methoxy groups -OCH3 is 1. The van der Waals surface area contributed by atoms with Gasteiger partial charge in [-0.15, -0.1) is 0 Å². The number of anilines is 1. The number of pyridine rings is 1. The number of ether oxygens (including phenoxy) is 1. The molecular formula is C30H30ClF2N7O3. The van der Waals surface area contributed by atoms with Crippen LogP contribution in [0, 0.1) is 11.6 Å². The summed E-state index contributed by atoms with van der Waals surface area (Å²) in [6.45, 7) is 2.99. The fourth-order valence-electron chi connectivity index (χ4n) is 5.61. The second kappa shape index (κ2) is 12.0. The second-order valence-corrected chi connectivity index (χ2v) is 10.9. The van der Waals surface area contributed by atoms with Crippen LogP contribution in [0.2, 0.25) is 5.02 Å². The van der Waals surface area contributed by atoms with Gasteiger partial charge in [0.05, 0.1) is 23.8 Å². The fourth-order valence-corrected chi connectivity index (χ4v) is 5.87. The lowest BCUT2D eigenvalue weighted by Crippen LogP contribution is -2.49. The molecule has 2 aliphatic heterocycles. The van der Waals surface area contributed by atoms with Crippen molar-refractivity contribution in [2.75, 3.05) is 51.3 Å². The van der Waals surface area contributed by atoms with E-state index in [4.69, 9.17) is 16.3 Å². The Hall–Kier alpha value is -4.45. The number of aromatic nitrogens is 4. The lowest BCUT2D eigenvalue weighted by atomic mass is 9.99. The number of carbonyl (C=O) groups is 2. The zero-order chi connectivity index (χ0) is 30.1. The van der Waals surface area contributed by atoms with Crippen molar-refractivity contribution < 1.29 is 23.1 Å². The molecular weight excluding hydrogens is 580 g/mol. The number of carbonyl (C=O) groups excluding carboxylic acids is 2. The largest absolute Gasteiger partial charge is 0.493 e. The Morgan fingerprint density at radius 2 is 1.91 bits per heavy atom. The number of piperazine rings is 1. The quantitative estimate of drug-likeness (QED) is 0.334. The molecule has 0 atom stereocenters. The van der Waals surface area contributed by atoms with Crippen molar-refractivity contribution in [3.05, 3.63) is 76.8 Å². The summed E-state index contributed by atoms with van der Waals surface area (Å²) < 4.78 is 36.5. The Kier molecular flexibility index (Phi) is 8.02. The van der Waals surface area contributed by atoms with E-state index in [0.29, 0.717) is 85.2 Å². The molecule has 6 rings (SSSR count). The molecule has 5 heterocycles.